The molecule has 12 aliphatic heterocycles. The second-order valence-electron chi connectivity index (χ2n) is 24.2. The summed E-state index contributed by atoms with van der Waals surface area (Å²) in [5.41, 5.74) is -6.07. The molecule has 2 aromatic carbocycles. The summed E-state index contributed by atoms with van der Waals surface area (Å²) in [4.78, 5) is 70.5. The number of ether oxygens (including phenoxy) is 2. The number of nitrogens with one attached hydrogen (secondary N) is 1. The van der Waals surface area contributed by atoms with Crippen LogP contribution in [0.3, 0.4) is 0 Å². The first-order valence-corrected chi connectivity index (χ1v) is 24.1. The van der Waals surface area contributed by atoms with Crippen LogP contribution in [-0.4, -0.2) is 111 Å². The number of amides is 4. The van der Waals surface area contributed by atoms with Crippen LogP contribution in [0.2, 0.25) is 0 Å². The first-order valence-electron chi connectivity index (χ1n) is 24.1. The fourth-order valence-electron chi connectivity index (χ4n) is 18.0. The molecule has 10 fully saturated rings. The lowest BCUT2D eigenvalue weighted by molar-refractivity contribution is -0.367. The average molecular weight is 891 g/mol. The Balaban J connectivity index is 1.16. The van der Waals surface area contributed by atoms with E-state index in [1.165, 1.54) is 4.73 Å². The number of piperazine rings is 2. The van der Waals surface area contributed by atoms with Gasteiger partial charge in [-0.05, 0) is 134 Å². The maximum absolute atomic E-state index is 16.8. The van der Waals surface area contributed by atoms with E-state index in [1.807, 2.05) is 86.1 Å². The van der Waals surface area contributed by atoms with Crippen LogP contribution >= 0.6 is 0 Å². The Bertz CT molecular complexity index is 3140. The number of hydrogen-bond acceptors (Lipinski definition) is 8. The summed E-state index contributed by atoms with van der Waals surface area (Å²) in [5, 5.41) is 33.8. The standard InChI is InChI=1S/C52H54N6O8/c1-44(2)19-15-25-29(65-44)13-11-27-33-36-50-28-12-14-30-26(16-20-45(3,4)66-30)35(28)58(64)38(50)47(7,8)31-23-48-17-9-21-54(48)42(61)51(31,53-40(48)59)39(50)56-41(60)49-18-10-22-55(49)43(62)52(36,56)32(24-49)46(5,6)37(33)57(63)34(25)27/h11-16,19-20,31-32,36,39,63H,9-10,17-18,21-24H2,1-8H3,(H,53,59)/t31-,32?,36+,39?,48+,49?,50?,51?,52-/m1/s1. The highest BCUT2D eigenvalue weighted by atomic mass is 16.5. The molecule has 2 N–H and O–H groups in total. The molecule has 3 aromatic rings. The average Bonchev–Trinajstić information content (AvgIpc) is 4.05. The molecule has 4 amide bonds. The van der Waals surface area contributed by atoms with Crippen molar-refractivity contribution in [3.05, 3.63) is 69.6 Å². The molecule has 14 nitrogen and oxygen atoms in total. The predicted octanol–water partition coefficient (Wildman–Crippen LogP) is 5.79. The van der Waals surface area contributed by atoms with E-state index in [9.17, 15) is 5.21 Å². The second kappa shape index (κ2) is 10.4. The molecule has 1 saturated carbocycles. The molecule has 14 heteroatoms. The zero-order valence-electron chi connectivity index (χ0n) is 38.6. The van der Waals surface area contributed by atoms with Gasteiger partial charge in [-0.2, -0.15) is 9.47 Å². The van der Waals surface area contributed by atoms with Crippen LogP contribution < -0.4 is 14.8 Å². The van der Waals surface area contributed by atoms with Crippen molar-refractivity contribution in [2.45, 2.75) is 150 Å². The van der Waals surface area contributed by atoms with E-state index in [4.69, 9.17) is 9.47 Å². The Morgan fingerprint density at radius 1 is 0.758 bits per heavy atom. The van der Waals surface area contributed by atoms with Crippen molar-refractivity contribution in [1.29, 1.82) is 0 Å². The normalized spacial score (nSPS) is 40.5. The molecule has 14 aliphatic rings. The monoisotopic (exact) mass is 890 g/mol. The lowest BCUT2D eigenvalue weighted by Crippen LogP contribution is -2.93. The summed E-state index contributed by atoms with van der Waals surface area (Å²) in [7, 11) is 0. The van der Waals surface area contributed by atoms with E-state index in [2.05, 4.69) is 33.0 Å². The van der Waals surface area contributed by atoms with Crippen LogP contribution in [-0.2, 0) is 30.0 Å². The lowest BCUT2D eigenvalue weighted by Gasteiger charge is -2.70. The van der Waals surface area contributed by atoms with E-state index in [0.717, 1.165) is 4.74 Å². The van der Waals surface area contributed by atoms with Crippen LogP contribution in [0.5, 0.6) is 11.5 Å². The zero-order chi connectivity index (χ0) is 45.8. The van der Waals surface area contributed by atoms with E-state index < -0.39 is 73.4 Å². The van der Waals surface area contributed by atoms with Crippen molar-refractivity contribution in [3.8, 4) is 11.5 Å². The number of aromatic nitrogens is 1. The van der Waals surface area contributed by atoms with E-state index in [-0.39, 0.29) is 23.6 Å². The third kappa shape index (κ3) is 3.39. The number of carbonyl (C=O) groups excluding carboxylic acids is 4. The molecule has 17 rings (SSSR count). The molecular formula is C52H54N6O8. The van der Waals surface area contributed by atoms with Gasteiger partial charge in [-0.25, -0.2) is 0 Å². The molecule has 340 valence electrons. The highest BCUT2D eigenvalue weighted by Gasteiger charge is 2.95. The van der Waals surface area contributed by atoms with Gasteiger partial charge in [0, 0.05) is 52.8 Å². The van der Waals surface area contributed by atoms with Crippen LogP contribution in [0.25, 0.3) is 23.1 Å². The maximum Gasteiger partial charge on any atom is 0.251 e. The van der Waals surface area contributed by atoms with Crippen LogP contribution in [0.15, 0.2) is 36.4 Å². The Morgan fingerprint density at radius 3 is 2.09 bits per heavy atom. The van der Waals surface area contributed by atoms with E-state index in [0.29, 0.717) is 113 Å². The van der Waals surface area contributed by atoms with Gasteiger partial charge >= 0.3 is 0 Å². The number of hydrogen-bond donors (Lipinski definition) is 2. The number of rotatable bonds is 0. The molecular weight excluding hydrogens is 837 g/mol. The van der Waals surface area contributed by atoms with Crippen molar-refractivity contribution in [3.63, 3.8) is 0 Å². The first kappa shape index (κ1) is 38.3. The fourth-order valence-corrected chi connectivity index (χ4v) is 18.0. The molecule has 9 saturated heterocycles. The fraction of sp³-hybridized carbons (Fsp3) is 0.558. The van der Waals surface area contributed by atoms with Crippen molar-refractivity contribution in [2.24, 2.45) is 17.3 Å². The molecule has 13 heterocycles. The van der Waals surface area contributed by atoms with Gasteiger partial charge in [0.25, 0.3) is 5.91 Å². The van der Waals surface area contributed by atoms with Gasteiger partial charge in [0.15, 0.2) is 5.71 Å². The summed E-state index contributed by atoms with van der Waals surface area (Å²) >= 11 is 0. The molecule has 0 radical (unpaired) electrons. The minimum absolute atomic E-state index is 0.176. The largest absolute Gasteiger partial charge is 0.618 e. The zero-order valence-corrected chi connectivity index (χ0v) is 38.6. The number of fused-ring (bicyclic) bond motifs is 10. The smallest absolute Gasteiger partial charge is 0.251 e. The Labute approximate surface area is 381 Å². The van der Waals surface area contributed by atoms with Crippen LogP contribution in [0.1, 0.15) is 128 Å². The van der Waals surface area contributed by atoms with Gasteiger partial charge in [-0.15, -0.1) is 0 Å². The first-order chi connectivity index (χ1) is 31.1. The summed E-state index contributed by atoms with van der Waals surface area (Å²) < 4.78 is 15.5. The molecule has 66 heavy (non-hydrogen) atoms. The topological polar surface area (TPSA) is 160 Å². The van der Waals surface area contributed by atoms with Crippen molar-refractivity contribution >= 4 is 58.1 Å². The molecule has 4 bridgehead atoms. The van der Waals surface area contributed by atoms with E-state index >= 15 is 24.4 Å². The Morgan fingerprint density at radius 2 is 1.38 bits per heavy atom. The van der Waals surface area contributed by atoms with Crippen LogP contribution in [0, 0.1) is 22.5 Å². The van der Waals surface area contributed by atoms with Crippen LogP contribution in [0.4, 0.5) is 5.69 Å². The minimum atomic E-state index is -1.73. The van der Waals surface area contributed by atoms with Crippen molar-refractivity contribution in [1.82, 2.24) is 24.7 Å². The highest BCUT2D eigenvalue weighted by Crippen LogP contribution is 2.81. The van der Waals surface area contributed by atoms with Gasteiger partial charge in [0.2, 0.25) is 23.4 Å². The van der Waals surface area contributed by atoms with Gasteiger partial charge < -0.3 is 39.9 Å². The third-order valence-electron chi connectivity index (χ3n) is 20.0. The summed E-state index contributed by atoms with van der Waals surface area (Å²) in [6.07, 6.45) is 10.8. The molecule has 2 aliphatic carbocycles. The number of benzene rings is 2. The molecule has 5 unspecified atom stereocenters. The second-order valence-corrected chi connectivity index (χ2v) is 24.2. The Kier molecular flexibility index (Phi) is 6.01. The van der Waals surface area contributed by atoms with Gasteiger partial charge in [-0.1, -0.05) is 13.8 Å². The lowest BCUT2D eigenvalue weighted by atomic mass is 9.39. The maximum atomic E-state index is 16.8. The number of nitrogens with zero attached hydrogens (tertiary/aromatic N) is 5. The van der Waals surface area contributed by atoms with Crippen molar-refractivity contribution < 1.29 is 38.6 Å². The summed E-state index contributed by atoms with van der Waals surface area (Å²) in [6, 6.07) is 6.54. The van der Waals surface area contributed by atoms with E-state index in [1.54, 1.807) is 4.90 Å². The summed E-state index contributed by atoms with van der Waals surface area (Å²) in [5.74, 6) is -1.92. The number of piperidine rings is 4. The molecule has 5 spiro atoms. The van der Waals surface area contributed by atoms with Gasteiger partial charge in [0.05, 0.1) is 28.2 Å². The molecule has 1 aromatic heterocycles. The van der Waals surface area contributed by atoms with Crippen molar-refractivity contribution in [2.75, 3.05) is 13.1 Å². The van der Waals surface area contributed by atoms with Gasteiger partial charge in [-0.3, -0.25) is 19.2 Å². The third-order valence-corrected chi connectivity index (χ3v) is 20.0. The number of carbonyl (C=O) groups is 4. The predicted molar refractivity (Wildman–Crippen MR) is 240 cm³/mol. The minimum Gasteiger partial charge on any atom is -0.618 e. The highest BCUT2D eigenvalue weighted by molar-refractivity contribution is 6.18. The Hall–Kier alpha value is -5.79. The summed E-state index contributed by atoms with van der Waals surface area (Å²) in [6.45, 7) is 17.0. The SMILES string of the molecule is CC1(C)C=Cc2c(ccc3c2[N+]([O-])=C2C(C)(C)[C@H]4C[C@]56CCCN5C(=O)C4(NC6=O)C4N5C(=O)C67CCCN6C(=O)[C@]56C(C7)C(C)(C)c5c(c7ccc8c(c7n5O)C=CC(C)(C)O8)[C@H]6C234)O1. The quantitative estimate of drug-likeness (QED) is 0.163. The van der Waals surface area contributed by atoms with Gasteiger partial charge in [0.1, 0.15) is 50.3 Å². The molecule has 9 atom stereocenters.